The summed E-state index contributed by atoms with van der Waals surface area (Å²) in [4.78, 5) is 0. The van der Waals surface area contributed by atoms with Crippen LogP contribution in [-0.2, 0) is 10.0 Å². The van der Waals surface area contributed by atoms with Gasteiger partial charge in [0, 0.05) is 12.6 Å². The molecule has 0 bridgehead atoms. The Morgan fingerprint density at radius 3 is 2.58 bits per heavy atom. The van der Waals surface area contributed by atoms with E-state index in [1.54, 1.807) is 6.92 Å². The van der Waals surface area contributed by atoms with Crippen LogP contribution in [0, 0.1) is 0 Å². The van der Waals surface area contributed by atoms with Gasteiger partial charge in [0.1, 0.15) is 4.66 Å². The van der Waals surface area contributed by atoms with Crippen molar-refractivity contribution in [3.8, 4) is 0 Å². The molecule has 0 aliphatic heterocycles. The molecule has 2 N–H and O–H groups in total. The van der Waals surface area contributed by atoms with E-state index in [-0.39, 0.29) is 17.3 Å². The topological polar surface area (TPSA) is 66.4 Å². The van der Waals surface area contributed by atoms with Crippen LogP contribution in [0.1, 0.15) is 19.8 Å². The first kappa shape index (κ1) is 12.3. The molecule has 1 unspecified atom stereocenters. The van der Waals surface area contributed by atoms with Crippen LogP contribution in [0.3, 0.4) is 0 Å². The molecule has 0 radical (unpaired) electrons. The molecule has 0 saturated heterocycles. The van der Waals surface area contributed by atoms with E-state index >= 15 is 0 Å². The van der Waals surface area contributed by atoms with E-state index in [9.17, 15) is 8.42 Å². The Morgan fingerprint density at radius 2 is 2.17 bits per heavy atom. The van der Waals surface area contributed by atoms with Gasteiger partial charge in [-0.25, -0.2) is 13.1 Å². The smallest absolute Gasteiger partial charge is 0.221 e. The summed E-state index contributed by atoms with van der Waals surface area (Å²) in [6.07, 6.45) is 1.27. The van der Waals surface area contributed by atoms with Crippen LogP contribution in [-0.4, -0.2) is 30.8 Å². The second kappa shape index (κ2) is 5.90. The lowest BCUT2D eigenvalue weighted by molar-refractivity contribution is 0.279. The van der Waals surface area contributed by atoms with Gasteiger partial charge in [-0.05, 0) is 19.8 Å². The number of hydrogen-bond donors (Lipinski definition) is 2. The fourth-order valence-corrected chi connectivity index (χ4v) is 1.98. The molecule has 0 aliphatic carbocycles. The standard InChI is InChI=1S/C6H14BrNO3S/c1-6(3-2-4-9)8-12(10,11)5-7/h6,8-9H,2-5H2,1H3. The summed E-state index contributed by atoms with van der Waals surface area (Å²) in [5, 5.41) is 8.48. The van der Waals surface area contributed by atoms with Gasteiger partial charge in [0.2, 0.25) is 10.0 Å². The Kier molecular flexibility index (Phi) is 6.08. The van der Waals surface area contributed by atoms with Crippen molar-refractivity contribution in [2.24, 2.45) is 0 Å². The van der Waals surface area contributed by atoms with Gasteiger partial charge < -0.3 is 5.11 Å². The fourth-order valence-electron chi connectivity index (χ4n) is 0.794. The van der Waals surface area contributed by atoms with Gasteiger partial charge in [0.15, 0.2) is 0 Å². The van der Waals surface area contributed by atoms with Crippen LogP contribution in [0.4, 0.5) is 0 Å². The minimum absolute atomic E-state index is 0.0799. The lowest BCUT2D eigenvalue weighted by Gasteiger charge is -2.11. The molecule has 6 heteroatoms. The van der Waals surface area contributed by atoms with E-state index < -0.39 is 10.0 Å². The number of halogens is 1. The molecule has 1 atom stereocenters. The highest BCUT2D eigenvalue weighted by Gasteiger charge is 2.11. The number of aliphatic hydroxyl groups excluding tert-OH is 1. The largest absolute Gasteiger partial charge is 0.396 e. The highest BCUT2D eigenvalue weighted by molar-refractivity contribution is 9.10. The van der Waals surface area contributed by atoms with Crippen LogP contribution in [0.25, 0.3) is 0 Å². The molecular formula is C6H14BrNO3S. The number of rotatable bonds is 6. The first-order chi connectivity index (χ1) is 5.52. The average molecular weight is 260 g/mol. The number of aliphatic hydroxyl groups is 1. The summed E-state index contributed by atoms with van der Waals surface area (Å²) in [6.45, 7) is 1.87. The van der Waals surface area contributed by atoms with Crippen LogP contribution in [0.2, 0.25) is 0 Å². The summed E-state index contributed by atoms with van der Waals surface area (Å²) in [7, 11) is -3.16. The zero-order valence-corrected chi connectivity index (χ0v) is 9.36. The van der Waals surface area contributed by atoms with Crippen molar-refractivity contribution >= 4 is 26.0 Å². The molecule has 0 saturated carbocycles. The van der Waals surface area contributed by atoms with Gasteiger partial charge in [-0.1, -0.05) is 15.9 Å². The molecule has 0 aromatic carbocycles. The summed E-state index contributed by atoms with van der Waals surface area (Å²) in [5.74, 6) is 0. The number of nitrogens with one attached hydrogen (secondary N) is 1. The number of alkyl halides is 1. The molecule has 4 nitrogen and oxygen atoms in total. The van der Waals surface area contributed by atoms with E-state index in [1.807, 2.05) is 0 Å². The first-order valence-electron chi connectivity index (χ1n) is 3.68. The van der Waals surface area contributed by atoms with Crippen molar-refractivity contribution in [3.63, 3.8) is 0 Å². The first-order valence-corrected chi connectivity index (χ1v) is 6.46. The Bertz CT molecular complexity index is 205. The SMILES string of the molecule is CC(CCCO)NS(=O)(=O)CBr. The summed E-state index contributed by atoms with van der Waals surface area (Å²) < 4.78 is 24.3. The number of sulfonamides is 1. The molecule has 12 heavy (non-hydrogen) atoms. The normalized spacial score (nSPS) is 14.6. The highest BCUT2D eigenvalue weighted by atomic mass is 79.9. The van der Waals surface area contributed by atoms with Crippen molar-refractivity contribution in [3.05, 3.63) is 0 Å². The van der Waals surface area contributed by atoms with E-state index in [1.165, 1.54) is 0 Å². The van der Waals surface area contributed by atoms with E-state index in [0.717, 1.165) is 0 Å². The van der Waals surface area contributed by atoms with Crippen molar-refractivity contribution in [1.82, 2.24) is 4.72 Å². The minimum Gasteiger partial charge on any atom is -0.396 e. The molecule has 0 aromatic rings. The third-order valence-corrected chi connectivity index (χ3v) is 4.18. The zero-order chi connectivity index (χ0) is 9.61. The Morgan fingerprint density at radius 1 is 1.58 bits per heavy atom. The predicted molar refractivity (Wildman–Crippen MR) is 51.6 cm³/mol. The fraction of sp³-hybridized carbons (Fsp3) is 1.00. The lowest BCUT2D eigenvalue weighted by Crippen LogP contribution is -2.33. The Labute approximate surface area is 81.5 Å². The molecule has 0 fully saturated rings. The van der Waals surface area contributed by atoms with Crippen LogP contribution < -0.4 is 4.72 Å². The number of hydrogen-bond acceptors (Lipinski definition) is 3. The second-order valence-electron chi connectivity index (χ2n) is 2.61. The van der Waals surface area contributed by atoms with E-state index in [0.29, 0.717) is 12.8 Å². The highest BCUT2D eigenvalue weighted by Crippen LogP contribution is 1.99. The van der Waals surface area contributed by atoms with Gasteiger partial charge in [-0.3, -0.25) is 0 Å². The molecule has 0 spiro atoms. The summed E-state index contributed by atoms with van der Waals surface area (Å²) in [6, 6.07) is -0.111. The second-order valence-corrected chi connectivity index (χ2v) is 5.67. The van der Waals surface area contributed by atoms with E-state index in [4.69, 9.17) is 5.11 Å². The van der Waals surface area contributed by atoms with Crippen molar-refractivity contribution in [2.75, 3.05) is 11.3 Å². The predicted octanol–water partition coefficient (Wildman–Crippen LogP) is 0.419. The third-order valence-electron chi connectivity index (χ3n) is 1.32. The molecule has 0 amide bonds. The minimum atomic E-state index is -3.16. The average Bonchev–Trinajstić information content (AvgIpc) is 2.00. The maximum atomic E-state index is 11.0. The van der Waals surface area contributed by atoms with Crippen LogP contribution >= 0.6 is 15.9 Å². The summed E-state index contributed by atoms with van der Waals surface area (Å²) >= 11 is 2.87. The van der Waals surface area contributed by atoms with Crippen molar-refractivity contribution in [1.29, 1.82) is 0 Å². The van der Waals surface area contributed by atoms with Crippen LogP contribution in [0.15, 0.2) is 0 Å². The van der Waals surface area contributed by atoms with Gasteiger partial charge in [0.05, 0.1) is 0 Å². The van der Waals surface area contributed by atoms with Gasteiger partial charge >= 0.3 is 0 Å². The molecule has 74 valence electrons. The molecular weight excluding hydrogens is 246 g/mol. The van der Waals surface area contributed by atoms with Gasteiger partial charge in [-0.2, -0.15) is 0 Å². The molecule has 0 aliphatic rings. The van der Waals surface area contributed by atoms with E-state index in [2.05, 4.69) is 20.7 Å². The quantitative estimate of drug-likeness (QED) is 0.680. The summed E-state index contributed by atoms with van der Waals surface area (Å²) in [5.41, 5.74) is 0. The maximum absolute atomic E-state index is 11.0. The lowest BCUT2D eigenvalue weighted by atomic mass is 10.2. The van der Waals surface area contributed by atoms with Crippen molar-refractivity contribution < 1.29 is 13.5 Å². The van der Waals surface area contributed by atoms with Gasteiger partial charge in [-0.15, -0.1) is 0 Å². The van der Waals surface area contributed by atoms with Crippen molar-refractivity contribution in [2.45, 2.75) is 25.8 Å². The third kappa shape index (κ3) is 5.93. The van der Waals surface area contributed by atoms with Crippen LogP contribution in [0.5, 0.6) is 0 Å². The molecule has 0 heterocycles. The monoisotopic (exact) mass is 259 g/mol. The Balaban J connectivity index is 3.76. The molecule has 0 rings (SSSR count). The zero-order valence-electron chi connectivity index (χ0n) is 6.96. The molecule has 0 aromatic heterocycles. The maximum Gasteiger partial charge on any atom is 0.221 e. The van der Waals surface area contributed by atoms with Gasteiger partial charge in [0.25, 0.3) is 0 Å². The Hall–Kier alpha value is 0.350.